The van der Waals surface area contributed by atoms with E-state index in [1.165, 1.54) is 10.9 Å². The predicted octanol–water partition coefficient (Wildman–Crippen LogP) is 3.75. The molecule has 1 aromatic carbocycles. The molecule has 0 spiro atoms. The van der Waals surface area contributed by atoms with Crippen LogP contribution in [0.5, 0.6) is 0 Å². The van der Waals surface area contributed by atoms with E-state index in [-0.39, 0.29) is 17.9 Å². The Labute approximate surface area is 152 Å². The molecular weight excluding hydrogens is 328 g/mol. The Morgan fingerprint density at radius 3 is 2.96 bits per heavy atom. The number of nitrogens with one attached hydrogen (secondary N) is 1. The highest BCUT2D eigenvalue weighted by Crippen LogP contribution is 2.34. The van der Waals surface area contributed by atoms with Crippen LogP contribution in [0.15, 0.2) is 28.8 Å². The average molecular weight is 352 g/mol. The third-order valence-electron chi connectivity index (χ3n) is 5.21. The molecule has 1 unspecified atom stereocenters. The normalized spacial score (nSPS) is 17.1. The van der Waals surface area contributed by atoms with Crippen molar-refractivity contribution in [3.8, 4) is 0 Å². The van der Waals surface area contributed by atoms with Crippen LogP contribution in [0.3, 0.4) is 0 Å². The Morgan fingerprint density at radius 1 is 1.38 bits per heavy atom. The Morgan fingerprint density at radius 2 is 2.19 bits per heavy atom. The monoisotopic (exact) mass is 352 g/mol. The summed E-state index contributed by atoms with van der Waals surface area (Å²) in [5, 5.41) is 5.23. The van der Waals surface area contributed by atoms with Gasteiger partial charge in [-0.15, -0.1) is 0 Å². The van der Waals surface area contributed by atoms with Crippen LogP contribution in [-0.2, 0) is 17.6 Å². The van der Waals surface area contributed by atoms with Crippen LogP contribution in [0, 0.1) is 0 Å². The first-order chi connectivity index (χ1) is 12.5. The van der Waals surface area contributed by atoms with Crippen LogP contribution in [0.25, 0.3) is 10.9 Å². The van der Waals surface area contributed by atoms with Crippen molar-refractivity contribution < 1.29 is 9.32 Å². The number of H-pyrrole nitrogens is 1. The third-order valence-corrected chi connectivity index (χ3v) is 5.21. The van der Waals surface area contributed by atoms with Crippen LogP contribution in [-0.4, -0.2) is 32.5 Å². The number of aromatic amines is 1. The lowest BCUT2D eigenvalue weighted by molar-refractivity contribution is -0.133. The molecule has 3 heterocycles. The number of fused-ring (bicyclic) bond motifs is 3. The van der Waals surface area contributed by atoms with Gasteiger partial charge in [0.1, 0.15) is 0 Å². The molecular formula is C20H24N4O2. The van der Waals surface area contributed by atoms with Gasteiger partial charge in [0.15, 0.2) is 5.82 Å². The summed E-state index contributed by atoms with van der Waals surface area (Å²) in [5.74, 6) is 1.59. The lowest BCUT2D eigenvalue weighted by atomic mass is 9.98. The summed E-state index contributed by atoms with van der Waals surface area (Å²) in [6, 6.07) is 8.39. The number of amides is 1. The van der Waals surface area contributed by atoms with E-state index in [1.54, 1.807) is 0 Å². The van der Waals surface area contributed by atoms with Crippen LogP contribution in [0.1, 0.15) is 62.1 Å². The van der Waals surface area contributed by atoms with Gasteiger partial charge in [-0.25, -0.2) is 0 Å². The second-order valence-corrected chi connectivity index (χ2v) is 7.28. The number of para-hydroxylation sites is 1. The molecule has 1 atom stereocenters. The number of benzene rings is 1. The fourth-order valence-electron chi connectivity index (χ4n) is 3.73. The Kier molecular flexibility index (Phi) is 4.26. The minimum Gasteiger partial charge on any atom is -0.356 e. The standard InChI is InChI=1S/C20H24N4O2/c1-12(2)20-22-17(26-23-20)8-9-18(25)24-11-10-15-14-6-4-5-7-16(14)21-19(15)13(24)3/h4-7,12-13,21H,8-11H2,1-3H3. The molecule has 2 aromatic heterocycles. The molecule has 1 N–H and O–H groups in total. The topological polar surface area (TPSA) is 75.0 Å². The highest BCUT2D eigenvalue weighted by molar-refractivity contribution is 5.86. The number of carbonyl (C=O) groups is 1. The van der Waals surface area contributed by atoms with E-state index in [1.807, 2.05) is 24.8 Å². The molecule has 0 aliphatic carbocycles. The van der Waals surface area contributed by atoms with Gasteiger partial charge in [-0.2, -0.15) is 4.98 Å². The van der Waals surface area contributed by atoms with Gasteiger partial charge in [-0.1, -0.05) is 37.2 Å². The number of hydrogen-bond acceptors (Lipinski definition) is 4. The van der Waals surface area contributed by atoms with Gasteiger partial charge in [0.05, 0.1) is 6.04 Å². The summed E-state index contributed by atoms with van der Waals surface area (Å²) in [4.78, 5) is 22.6. The zero-order chi connectivity index (χ0) is 18.3. The molecule has 0 fully saturated rings. The smallest absolute Gasteiger partial charge is 0.227 e. The molecule has 6 heteroatoms. The molecule has 0 radical (unpaired) electrons. The maximum absolute atomic E-state index is 12.8. The Hall–Kier alpha value is -2.63. The predicted molar refractivity (Wildman–Crippen MR) is 98.8 cm³/mol. The SMILES string of the molecule is CC(C)c1noc(CCC(=O)N2CCc3c([nH]c4ccccc34)C2C)n1. The van der Waals surface area contributed by atoms with E-state index in [9.17, 15) is 4.79 Å². The van der Waals surface area contributed by atoms with Crippen LogP contribution >= 0.6 is 0 Å². The van der Waals surface area contributed by atoms with Crippen molar-refractivity contribution >= 4 is 16.8 Å². The first-order valence-corrected chi connectivity index (χ1v) is 9.26. The van der Waals surface area contributed by atoms with Gasteiger partial charge in [0, 0.05) is 41.9 Å². The van der Waals surface area contributed by atoms with Crippen molar-refractivity contribution in [2.24, 2.45) is 0 Å². The van der Waals surface area contributed by atoms with Crippen LogP contribution in [0.4, 0.5) is 0 Å². The summed E-state index contributed by atoms with van der Waals surface area (Å²) >= 11 is 0. The maximum atomic E-state index is 12.8. The minimum absolute atomic E-state index is 0.0487. The largest absolute Gasteiger partial charge is 0.356 e. The maximum Gasteiger partial charge on any atom is 0.227 e. The summed E-state index contributed by atoms with van der Waals surface area (Å²) in [6.45, 7) is 6.88. The molecule has 4 rings (SSSR count). The molecule has 1 amide bonds. The molecule has 0 saturated carbocycles. The van der Waals surface area contributed by atoms with E-state index >= 15 is 0 Å². The number of rotatable bonds is 4. The lowest BCUT2D eigenvalue weighted by Crippen LogP contribution is -2.38. The van der Waals surface area contributed by atoms with Crippen LogP contribution < -0.4 is 0 Å². The second-order valence-electron chi connectivity index (χ2n) is 7.28. The molecule has 1 aliphatic rings. The molecule has 0 bridgehead atoms. The van der Waals surface area contributed by atoms with Gasteiger partial charge in [0.2, 0.25) is 11.8 Å². The van der Waals surface area contributed by atoms with Crippen molar-refractivity contribution in [1.29, 1.82) is 0 Å². The lowest BCUT2D eigenvalue weighted by Gasteiger charge is -2.33. The summed E-state index contributed by atoms with van der Waals surface area (Å²) in [7, 11) is 0. The fourth-order valence-corrected chi connectivity index (χ4v) is 3.73. The minimum atomic E-state index is 0.0487. The van der Waals surface area contributed by atoms with Gasteiger partial charge >= 0.3 is 0 Å². The first-order valence-electron chi connectivity index (χ1n) is 9.26. The molecule has 136 valence electrons. The van der Waals surface area contributed by atoms with Crippen molar-refractivity contribution in [2.75, 3.05) is 6.54 Å². The van der Waals surface area contributed by atoms with Gasteiger partial charge in [-0.3, -0.25) is 4.79 Å². The number of aromatic nitrogens is 3. The summed E-state index contributed by atoms with van der Waals surface area (Å²) in [5.41, 5.74) is 3.65. The van der Waals surface area contributed by atoms with Crippen molar-refractivity contribution in [3.63, 3.8) is 0 Å². The van der Waals surface area contributed by atoms with Crippen LogP contribution in [0.2, 0.25) is 0 Å². The quantitative estimate of drug-likeness (QED) is 0.776. The molecule has 26 heavy (non-hydrogen) atoms. The van der Waals surface area contributed by atoms with Crippen molar-refractivity contribution in [3.05, 3.63) is 47.2 Å². The second kappa shape index (κ2) is 6.59. The van der Waals surface area contributed by atoms with E-state index < -0.39 is 0 Å². The highest BCUT2D eigenvalue weighted by Gasteiger charge is 2.30. The third kappa shape index (κ3) is 2.89. The molecule has 3 aromatic rings. The van der Waals surface area contributed by atoms with E-state index in [4.69, 9.17) is 4.52 Å². The molecule has 6 nitrogen and oxygen atoms in total. The number of aryl methyl sites for hydroxylation is 1. The van der Waals surface area contributed by atoms with Gasteiger partial charge < -0.3 is 14.4 Å². The number of carbonyl (C=O) groups excluding carboxylic acids is 1. The zero-order valence-corrected chi connectivity index (χ0v) is 15.5. The Bertz CT molecular complexity index is 940. The summed E-state index contributed by atoms with van der Waals surface area (Å²) < 4.78 is 5.25. The molecule has 0 saturated heterocycles. The summed E-state index contributed by atoms with van der Waals surface area (Å²) in [6.07, 6.45) is 1.76. The molecule has 1 aliphatic heterocycles. The fraction of sp³-hybridized carbons (Fsp3) is 0.450. The number of nitrogens with zero attached hydrogens (tertiary/aromatic N) is 3. The van der Waals surface area contributed by atoms with E-state index in [0.29, 0.717) is 24.6 Å². The van der Waals surface area contributed by atoms with Gasteiger partial charge in [0.25, 0.3) is 0 Å². The first kappa shape index (κ1) is 16.8. The van der Waals surface area contributed by atoms with E-state index in [2.05, 4.69) is 40.2 Å². The Balaban J connectivity index is 1.47. The highest BCUT2D eigenvalue weighted by atomic mass is 16.5. The van der Waals surface area contributed by atoms with Gasteiger partial charge in [-0.05, 0) is 25.0 Å². The zero-order valence-electron chi connectivity index (χ0n) is 15.5. The average Bonchev–Trinajstić information content (AvgIpc) is 3.25. The van der Waals surface area contributed by atoms with Crippen molar-refractivity contribution in [1.82, 2.24) is 20.0 Å². The number of hydrogen-bond donors (Lipinski definition) is 1. The van der Waals surface area contributed by atoms with Crippen molar-refractivity contribution in [2.45, 2.75) is 52.0 Å². The van der Waals surface area contributed by atoms with E-state index in [0.717, 1.165) is 24.2 Å².